The molecule has 0 heterocycles. The van der Waals surface area contributed by atoms with Crippen LogP contribution in [0.1, 0.15) is 18.9 Å². The third kappa shape index (κ3) is 5.93. The molecular weight excluding hydrogens is 330 g/mol. The smallest absolute Gasteiger partial charge is 0.165 e. The van der Waals surface area contributed by atoms with Gasteiger partial charge in [-0.1, -0.05) is 37.3 Å². The molecule has 0 spiro atoms. The van der Waals surface area contributed by atoms with E-state index in [1.165, 1.54) is 0 Å². The maximum atomic E-state index is 10.4. The number of aliphatic hydroxyl groups excluding tert-OH is 1. The summed E-state index contributed by atoms with van der Waals surface area (Å²) in [6.45, 7) is 4.47. The van der Waals surface area contributed by atoms with Crippen LogP contribution >= 0.6 is 0 Å². The molecule has 5 heteroatoms. The first kappa shape index (κ1) is 20.1. The minimum absolute atomic E-state index is 0.263. The van der Waals surface area contributed by atoms with E-state index in [0.29, 0.717) is 13.1 Å². The highest BCUT2D eigenvalue weighted by atomic mass is 16.5. The quantitative estimate of drug-likeness (QED) is 0.667. The minimum Gasteiger partial charge on any atom is -0.493 e. The maximum Gasteiger partial charge on any atom is 0.165 e. The number of nitrogens with zero attached hydrogens (tertiary/aromatic N) is 1. The highest BCUT2D eigenvalue weighted by molar-refractivity contribution is 5.46. The van der Waals surface area contributed by atoms with Crippen molar-refractivity contribution >= 4 is 0 Å². The van der Waals surface area contributed by atoms with Crippen LogP contribution in [-0.4, -0.2) is 50.0 Å². The van der Waals surface area contributed by atoms with Crippen LogP contribution in [0.3, 0.4) is 0 Å². The average Bonchev–Trinajstić information content (AvgIpc) is 2.67. The summed E-state index contributed by atoms with van der Waals surface area (Å²) in [5, 5.41) is 10.4. The van der Waals surface area contributed by atoms with Crippen LogP contribution in [0.2, 0.25) is 0 Å². The van der Waals surface area contributed by atoms with E-state index in [-0.39, 0.29) is 6.61 Å². The zero-order valence-corrected chi connectivity index (χ0v) is 15.9. The highest BCUT2D eigenvalue weighted by Gasteiger charge is 2.16. The van der Waals surface area contributed by atoms with Gasteiger partial charge in [0.25, 0.3) is 0 Å². The Labute approximate surface area is 156 Å². The molecule has 0 saturated heterocycles. The molecule has 142 valence electrons. The SMILES string of the molecule is CCCN(Cc1cccc(OC)c1OC)C[C@H](O)COc1ccccc1. The normalized spacial score (nSPS) is 12.0. The molecule has 2 aromatic carbocycles. The van der Waals surface area contributed by atoms with Gasteiger partial charge in [-0.05, 0) is 31.2 Å². The molecule has 26 heavy (non-hydrogen) atoms. The number of hydrogen-bond donors (Lipinski definition) is 1. The predicted octanol–water partition coefficient (Wildman–Crippen LogP) is 3.36. The fourth-order valence-corrected chi connectivity index (χ4v) is 2.93. The van der Waals surface area contributed by atoms with Crippen LogP contribution in [-0.2, 0) is 6.54 Å². The second-order valence-corrected chi connectivity index (χ2v) is 6.17. The van der Waals surface area contributed by atoms with Crippen molar-refractivity contribution in [1.82, 2.24) is 4.90 Å². The summed E-state index contributed by atoms with van der Waals surface area (Å²) in [5.74, 6) is 2.23. The summed E-state index contributed by atoms with van der Waals surface area (Å²) in [6, 6.07) is 15.4. The lowest BCUT2D eigenvalue weighted by molar-refractivity contribution is 0.0653. The van der Waals surface area contributed by atoms with Gasteiger partial charge in [-0.2, -0.15) is 0 Å². The van der Waals surface area contributed by atoms with Crippen molar-refractivity contribution < 1.29 is 19.3 Å². The second kappa shape index (κ2) is 10.7. The molecule has 5 nitrogen and oxygen atoms in total. The summed E-state index contributed by atoms with van der Waals surface area (Å²) in [5.41, 5.74) is 1.04. The summed E-state index contributed by atoms with van der Waals surface area (Å²) in [6.07, 6.45) is 0.428. The molecule has 0 aliphatic carbocycles. The Balaban J connectivity index is 1.98. The molecule has 0 radical (unpaired) electrons. The van der Waals surface area contributed by atoms with Crippen LogP contribution in [0.5, 0.6) is 17.2 Å². The van der Waals surface area contributed by atoms with Gasteiger partial charge in [0.15, 0.2) is 11.5 Å². The number of ether oxygens (including phenoxy) is 3. The molecule has 0 bridgehead atoms. The number of hydrogen-bond acceptors (Lipinski definition) is 5. The molecule has 0 amide bonds. The Hall–Kier alpha value is -2.24. The van der Waals surface area contributed by atoms with Crippen LogP contribution in [0, 0.1) is 0 Å². The van der Waals surface area contributed by atoms with Crippen LogP contribution in [0.15, 0.2) is 48.5 Å². The number of rotatable bonds is 11. The van der Waals surface area contributed by atoms with Gasteiger partial charge in [-0.15, -0.1) is 0 Å². The van der Waals surface area contributed by atoms with Crippen LogP contribution in [0.25, 0.3) is 0 Å². The third-order valence-electron chi connectivity index (χ3n) is 4.07. The fraction of sp³-hybridized carbons (Fsp3) is 0.429. The maximum absolute atomic E-state index is 10.4. The minimum atomic E-state index is -0.571. The van der Waals surface area contributed by atoms with Crippen molar-refractivity contribution in [2.45, 2.75) is 26.0 Å². The fourth-order valence-electron chi connectivity index (χ4n) is 2.93. The topological polar surface area (TPSA) is 51.2 Å². The zero-order chi connectivity index (χ0) is 18.8. The summed E-state index contributed by atoms with van der Waals surface area (Å²) >= 11 is 0. The monoisotopic (exact) mass is 359 g/mol. The van der Waals surface area contributed by atoms with Crippen molar-refractivity contribution in [3.05, 3.63) is 54.1 Å². The molecule has 0 saturated carbocycles. The number of methoxy groups -OCH3 is 2. The Morgan fingerprint density at radius 2 is 1.77 bits per heavy atom. The molecule has 0 fully saturated rings. The van der Waals surface area contributed by atoms with E-state index in [2.05, 4.69) is 11.8 Å². The van der Waals surface area contributed by atoms with E-state index in [4.69, 9.17) is 14.2 Å². The standard InChI is InChI=1S/C21H29NO4/c1-4-13-22(14-17-9-8-12-20(24-2)21(17)25-3)15-18(23)16-26-19-10-6-5-7-11-19/h5-12,18,23H,4,13-16H2,1-3H3/t18-/m0/s1. The molecule has 2 rings (SSSR count). The third-order valence-corrected chi connectivity index (χ3v) is 4.07. The average molecular weight is 359 g/mol. The van der Waals surface area contributed by atoms with Gasteiger partial charge in [-0.25, -0.2) is 0 Å². The van der Waals surface area contributed by atoms with Gasteiger partial charge in [0, 0.05) is 18.7 Å². The Bertz CT molecular complexity index is 648. The lowest BCUT2D eigenvalue weighted by Gasteiger charge is -2.26. The Morgan fingerprint density at radius 3 is 2.42 bits per heavy atom. The van der Waals surface area contributed by atoms with E-state index >= 15 is 0 Å². The molecule has 2 aromatic rings. The van der Waals surface area contributed by atoms with Gasteiger partial charge in [0.05, 0.1) is 14.2 Å². The number of benzene rings is 2. The molecule has 0 aliphatic rings. The van der Waals surface area contributed by atoms with Crippen molar-refractivity contribution in [3.8, 4) is 17.2 Å². The van der Waals surface area contributed by atoms with Gasteiger partial charge < -0.3 is 19.3 Å². The highest BCUT2D eigenvalue weighted by Crippen LogP contribution is 2.31. The van der Waals surface area contributed by atoms with Crippen molar-refractivity contribution in [2.24, 2.45) is 0 Å². The van der Waals surface area contributed by atoms with Crippen molar-refractivity contribution in [1.29, 1.82) is 0 Å². The summed E-state index contributed by atoms with van der Waals surface area (Å²) < 4.78 is 16.5. The second-order valence-electron chi connectivity index (χ2n) is 6.17. The van der Waals surface area contributed by atoms with E-state index in [1.807, 2.05) is 48.5 Å². The van der Waals surface area contributed by atoms with E-state index in [0.717, 1.165) is 35.8 Å². The molecule has 0 unspecified atom stereocenters. The summed E-state index contributed by atoms with van der Waals surface area (Å²) in [4.78, 5) is 2.20. The first-order valence-electron chi connectivity index (χ1n) is 8.96. The molecule has 1 atom stereocenters. The Kier molecular flexibility index (Phi) is 8.25. The molecule has 0 aliphatic heterocycles. The predicted molar refractivity (Wildman–Crippen MR) is 103 cm³/mol. The van der Waals surface area contributed by atoms with Gasteiger partial charge in [0.1, 0.15) is 18.5 Å². The van der Waals surface area contributed by atoms with E-state index in [9.17, 15) is 5.11 Å². The molecular formula is C21H29NO4. The van der Waals surface area contributed by atoms with Crippen molar-refractivity contribution in [3.63, 3.8) is 0 Å². The van der Waals surface area contributed by atoms with Gasteiger partial charge in [-0.3, -0.25) is 4.90 Å². The van der Waals surface area contributed by atoms with E-state index in [1.54, 1.807) is 14.2 Å². The van der Waals surface area contributed by atoms with Gasteiger partial charge in [0.2, 0.25) is 0 Å². The first-order valence-corrected chi connectivity index (χ1v) is 8.96. The first-order chi connectivity index (χ1) is 12.7. The van der Waals surface area contributed by atoms with Crippen LogP contribution < -0.4 is 14.2 Å². The largest absolute Gasteiger partial charge is 0.493 e. The number of para-hydroxylation sites is 2. The lowest BCUT2D eigenvalue weighted by atomic mass is 10.1. The molecule has 1 N–H and O–H groups in total. The van der Waals surface area contributed by atoms with E-state index < -0.39 is 6.10 Å². The lowest BCUT2D eigenvalue weighted by Crippen LogP contribution is -2.36. The zero-order valence-electron chi connectivity index (χ0n) is 15.9. The molecule has 0 aromatic heterocycles. The van der Waals surface area contributed by atoms with Gasteiger partial charge >= 0.3 is 0 Å². The van der Waals surface area contributed by atoms with Crippen molar-refractivity contribution in [2.75, 3.05) is 33.9 Å². The van der Waals surface area contributed by atoms with Crippen LogP contribution in [0.4, 0.5) is 0 Å². The number of aliphatic hydroxyl groups is 1. The Morgan fingerprint density at radius 1 is 1.00 bits per heavy atom. The summed E-state index contributed by atoms with van der Waals surface area (Å²) in [7, 11) is 3.28.